The molecule has 1 aromatic heterocycles. The van der Waals surface area contributed by atoms with Crippen LogP contribution in [-0.4, -0.2) is 52.8 Å². The molecule has 4 N–H and O–H groups in total. The Bertz CT molecular complexity index is 340. The van der Waals surface area contributed by atoms with Crippen molar-refractivity contribution in [1.29, 1.82) is 0 Å². The minimum atomic E-state index is -0.832. The number of hydrogen-bond acceptors (Lipinski definition) is 6. The van der Waals surface area contributed by atoms with Crippen LogP contribution in [0.4, 0.5) is 11.5 Å². The van der Waals surface area contributed by atoms with Crippen LogP contribution in [0, 0.1) is 0 Å². The number of nitrogen functional groups attached to an aromatic ring is 1. The molecule has 0 amide bonds. The van der Waals surface area contributed by atoms with Crippen molar-refractivity contribution in [2.75, 3.05) is 38.2 Å². The Kier molecular flexibility index (Phi) is 4.03. The Morgan fingerprint density at radius 2 is 2.25 bits per heavy atom. The van der Waals surface area contributed by atoms with E-state index in [2.05, 4.69) is 15.3 Å². The molecule has 16 heavy (non-hydrogen) atoms. The van der Waals surface area contributed by atoms with E-state index >= 15 is 0 Å². The first-order valence-electron chi connectivity index (χ1n) is 5.07. The fourth-order valence-corrected chi connectivity index (χ4v) is 1.50. The highest BCUT2D eigenvalue weighted by Gasteiger charge is 2.21. The van der Waals surface area contributed by atoms with Crippen LogP contribution < -0.4 is 11.1 Å². The van der Waals surface area contributed by atoms with Gasteiger partial charge in [0.25, 0.3) is 0 Å². The lowest BCUT2D eigenvalue weighted by molar-refractivity contribution is 0.0459. The number of likely N-dealkylation sites (N-methyl/N-ethyl adjacent to an activating group) is 1. The van der Waals surface area contributed by atoms with Crippen molar-refractivity contribution in [2.24, 2.45) is 0 Å². The van der Waals surface area contributed by atoms with E-state index in [1.807, 2.05) is 19.0 Å². The summed E-state index contributed by atoms with van der Waals surface area (Å²) in [6.45, 7) is 2.70. The van der Waals surface area contributed by atoms with Crippen LogP contribution in [0.5, 0.6) is 0 Å². The molecule has 0 fully saturated rings. The third kappa shape index (κ3) is 4.00. The van der Waals surface area contributed by atoms with E-state index in [1.54, 1.807) is 6.92 Å². The highest BCUT2D eigenvalue weighted by molar-refractivity contribution is 5.59. The molecule has 1 aromatic rings. The van der Waals surface area contributed by atoms with E-state index in [0.717, 1.165) is 0 Å². The van der Waals surface area contributed by atoms with Gasteiger partial charge in [0.2, 0.25) is 0 Å². The van der Waals surface area contributed by atoms with Gasteiger partial charge in [0.1, 0.15) is 6.33 Å². The average molecular weight is 225 g/mol. The topological polar surface area (TPSA) is 87.3 Å². The summed E-state index contributed by atoms with van der Waals surface area (Å²) in [7, 11) is 3.82. The van der Waals surface area contributed by atoms with Crippen molar-refractivity contribution in [3.05, 3.63) is 12.5 Å². The smallest absolute Gasteiger partial charge is 0.152 e. The molecule has 6 heteroatoms. The summed E-state index contributed by atoms with van der Waals surface area (Å²) in [6, 6.07) is 0. The van der Waals surface area contributed by atoms with Gasteiger partial charge in [0.05, 0.1) is 17.5 Å². The molecule has 1 rings (SSSR count). The molecule has 0 saturated carbocycles. The average Bonchev–Trinajstić information content (AvgIpc) is 2.14. The molecule has 1 atom stereocenters. The molecular weight excluding hydrogens is 206 g/mol. The molecule has 0 saturated heterocycles. The number of rotatable bonds is 5. The molecule has 6 nitrogen and oxygen atoms in total. The first-order valence-corrected chi connectivity index (χ1v) is 5.07. The molecule has 0 spiro atoms. The van der Waals surface area contributed by atoms with Gasteiger partial charge in [0.15, 0.2) is 5.82 Å². The Morgan fingerprint density at radius 3 is 2.81 bits per heavy atom. The van der Waals surface area contributed by atoms with Crippen LogP contribution in [-0.2, 0) is 0 Å². The lowest BCUT2D eigenvalue weighted by Crippen LogP contribution is -2.43. The second kappa shape index (κ2) is 5.09. The normalized spacial score (nSPS) is 14.8. The van der Waals surface area contributed by atoms with E-state index in [0.29, 0.717) is 24.6 Å². The van der Waals surface area contributed by atoms with Crippen LogP contribution in [0.2, 0.25) is 0 Å². The van der Waals surface area contributed by atoms with Crippen molar-refractivity contribution in [1.82, 2.24) is 14.9 Å². The highest BCUT2D eigenvalue weighted by Crippen LogP contribution is 2.13. The maximum atomic E-state index is 10.0. The number of aromatic nitrogens is 2. The summed E-state index contributed by atoms with van der Waals surface area (Å²) in [6.07, 6.45) is 2.94. The SMILES string of the molecule is CN(C)CC(C)(O)CNc1ncncc1N. The van der Waals surface area contributed by atoms with Gasteiger partial charge in [-0.05, 0) is 21.0 Å². The fourth-order valence-electron chi connectivity index (χ4n) is 1.50. The van der Waals surface area contributed by atoms with Gasteiger partial charge in [-0.3, -0.25) is 0 Å². The number of anilines is 2. The number of nitrogens with zero attached hydrogens (tertiary/aromatic N) is 3. The van der Waals surface area contributed by atoms with Crippen LogP contribution in [0.15, 0.2) is 12.5 Å². The van der Waals surface area contributed by atoms with E-state index in [-0.39, 0.29) is 0 Å². The third-order valence-electron chi connectivity index (χ3n) is 2.03. The summed E-state index contributed by atoms with van der Waals surface area (Å²) in [5.41, 5.74) is 5.31. The highest BCUT2D eigenvalue weighted by atomic mass is 16.3. The zero-order valence-corrected chi connectivity index (χ0v) is 9.94. The van der Waals surface area contributed by atoms with Gasteiger partial charge in [-0.25, -0.2) is 9.97 Å². The van der Waals surface area contributed by atoms with Crippen molar-refractivity contribution in [2.45, 2.75) is 12.5 Å². The summed E-state index contributed by atoms with van der Waals surface area (Å²) in [4.78, 5) is 9.70. The van der Waals surface area contributed by atoms with E-state index in [1.165, 1.54) is 12.5 Å². The second-order valence-electron chi connectivity index (χ2n) is 4.41. The van der Waals surface area contributed by atoms with Gasteiger partial charge < -0.3 is 21.1 Å². The second-order valence-corrected chi connectivity index (χ2v) is 4.41. The van der Waals surface area contributed by atoms with E-state index in [4.69, 9.17) is 5.73 Å². The van der Waals surface area contributed by atoms with Gasteiger partial charge >= 0.3 is 0 Å². The van der Waals surface area contributed by atoms with Crippen LogP contribution in [0.3, 0.4) is 0 Å². The molecule has 0 aliphatic rings. The molecular formula is C10H19N5O. The molecule has 1 heterocycles. The third-order valence-corrected chi connectivity index (χ3v) is 2.03. The minimum absolute atomic E-state index is 0.381. The standard InChI is InChI=1S/C10H19N5O/c1-10(16,6-15(2)3)5-13-9-8(11)4-12-7-14-9/h4,7,16H,5-6,11H2,1-3H3,(H,12,13,14). The molecule has 0 bridgehead atoms. The molecule has 0 aliphatic carbocycles. The van der Waals surface area contributed by atoms with Crippen molar-refractivity contribution in [3.8, 4) is 0 Å². The summed E-state index contributed by atoms with van der Waals surface area (Å²) in [5, 5.41) is 13.1. The first kappa shape index (κ1) is 12.7. The Hall–Kier alpha value is -1.40. The number of aliphatic hydroxyl groups is 1. The van der Waals surface area contributed by atoms with Crippen LogP contribution >= 0.6 is 0 Å². The predicted molar refractivity (Wildman–Crippen MR) is 64.1 cm³/mol. The number of nitrogens with one attached hydrogen (secondary N) is 1. The summed E-state index contributed by atoms with van der Waals surface area (Å²) >= 11 is 0. The zero-order chi connectivity index (χ0) is 12.2. The Labute approximate surface area is 95.5 Å². The quantitative estimate of drug-likeness (QED) is 0.642. The van der Waals surface area contributed by atoms with Gasteiger partial charge in [-0.15, -0.1) is 0 Å². The van der Waals surface area contributed by atoms with Crippen LogP contribution in [0.25, 0.3) is 0 Å². The molecule has 0 aliphatic heterocycles. The zero-order valence-electron chi connectivity index (χ0n) is 9.94. The monoisotopic (exact) mass is 225 g/mol. The van der Waals surface area contributed by atoms with Crippen molar-refractivity contribution in [3.63, 3.8) is 0 Å². The summed E-state index contributed by atoms with van der Waals surface area (Å²) in [5.74, 6) is 0.550. The fraction of sp³-hybridized carbons (Fsp3) is 0.600. The van der Waals surface area contributed by atoms with E-state index < -0.39 is 5.60 Å². The molecule has 1 unspecified atom stereocenters. The molecule has 90 valence electrons. The summed E-state index contributed by atoms with van der Waals surface area (Å²) < 4.78 is 0. The predicted octanol–water partition coefficient (Wildman–Crippen LogP) is -0.217. The van der Waals surface area contributed by atoms with Gasteiger partial charge in [-0.1, -0.05) is 0 Å². The number of nitrogens with two attached hydrogens (primary N) is 1. The largest absolute Gasteiger partial charge is 0.394 e. The maximum Gasteiger partial charge on any atom is 0.152 e. The Morgan fingerprint density at radius 1 is 1.56 bits per heavy atom. The lowest BCUT2D eigenvalue weighted by Gasteiger charge is -2.27. The van der Waals surface area contributed by atoms with Crippen molar-refractivity contribution < 1.29 is 5.11 Å². The van der Waals surface area contributed by atoms with E-state index in [9.17, 15) is 5.11 Å². The van der Waals surface area contributed by atoms with Crippen LogP contribution in [0.1, 0.15) is 6.92 Å². The van der Waals surface area contributed by atoms with Gasteiger partial charge in [0, 0.05) is 13.1 Å². The lowest BCUT2D eigenvalue weighted by atomic mass is 10.1. The minimum Gasteiger partial charge on any atom is -0.394 e. The number of hydrogen-bond donors (Lipinski definition) is 3. The Balaban J connectivity index is 2.54. The molecule has 0 radical (unpaired) electrons. The van der Waals surface area contributed by atoms with Crippen molar-refractivity contribution >= 4 is 11.5 Å². The maximum absolute atomic E-state index is 10.0. The van der Waals surface area contributed by atoms with Gasteiger partial charge in [-0.2, -0.15) is 0 Å². The molecule has 0 aromatic carbocycles. The first-order chi connectivity index (χ1) is 7.41.